The van der Waals surface area contributed by atoms with Crippen molar-refractivity contribution < 1.29 is 14.3 Å². The Morgan fingerprint density at radius 3 is 2.25 bits per heavy atom. The van der Waals surface area contributed by atoms with E-state index in [0.29, 0.717) is 18.9 Å². The van der Waals surface area contributed by atoms with Gasteiger partial charge in [-0.1, -0.05) is 27.7 Å². The molecule has 0 aromatic carbocycles. The topological polar surface area (TPSA) is 35.5 Å². The van der Waals surface area contributed by atoms with Gasteiger partial charge in [0.05, 0.1) is 0 Å². The van der Waals surface area contributed by atoms with Crippen LogP contribution in [0.1, 0.15) is 54.4 Å². The fourth-order valence-electron chi connectivity index (χ4n) is 1.90. The van der Waals surface area contributed by atoms with E-state index in [0.717, 1.165) is 6.42 Å². The molecule has 0 bridgehead atoms. The molecule has 0 aromatic heterocycles. The zero-order valence-corrected chi connectivity index (χ0v) is 11.5. The number of hydrogen-bond acceptors (Lipinski definition) is 3. The highest BCUT2D eigenvalue weighted by atomic mass is 16.7. The SMILES string of the molecule is CCOC(C)OC(=O)CC(C)CC(C)(C)C. The van der Waals surface area contributed by atoms with Crippen LogP contribution in [0.3, 0.4) is 0 Å². The lowest BCUT2D eigenvalue weighted by atomic mass is 9.84. The summed E-state index contributed by atoms with van der Waals surface area (Å²) in [7, 11) is 0. The molecule has 0 aliphatic carbocycles. The second-order valence-corrected chi connectivity index (χ2v) is 5.59. The third-order valence-electron chi connectivity index (χ3n) is 2.17. The minimum absolute atomic E-state index is 0.169. The lowest BCUT2D eigenvalue weighted by Crippen LogP contribution is -2.21. The lowest BCUT2D eigenvalue weighted by molar-refractivity contribution is -0.174. The van der Waals surface area contributed by atoms with Gasteiger partial charge in [0.2, 0.25) is 0 Å². The Hall–Kier alpha value is -0.570. The van der Waals surface area contributed by atoms with Crippen LogP contribution in [0.5, 0.6) is 0 Å². The van der Waals surface area contributed by atoms with E-state index in [1.165, 1.54) is 0 Å². The van der Waals surface area contributed by atoms with Crippen molar-refractivity contribution in [2.24, 2.45) is 11.3 Å². The molecule has 0 heterocycles. The average molecular weight is 230 g/mol. The quantitative estimate of drug-likeness (QED) is 0.518. The summed E-state index contributed by atoms with van der Waals surface area (Å²) in [6, 6.07) is 0. The molecule has 0 aliphatic heterocycles. The van der Waals surface area contributed by atoms with Crippen LogP contribution in [0.15, 0.2) is 0 Å². The number of rotatable bonds is 6. The predicted molar refractivity (Wildman–Crippen MR) is 65.0 cm³/mol. The van der Waals surface area contributed by atoms with Gasteiger partial charge in [-0.05, 0) is 31.6 Å². The molecule has 0 rings (SSSR count). The van der Waals surface area contributed by atoms with E-state index in [4.69, 9.17) is 9.47 Å². The summed E-state index contributed by atoms with van der Waals surface area (Å²) in [5.41, 5.74) is 0.255. The summed E-state index contributed by atoms with van der Waals surface area (Å²) in [6.07, 6.45) is 1.05. The summed E-state index contributed by atoms with van der Waals surface area (Å²) in [5.74, 6) is 0.180. The van der Waals surface area contributed by atoms with Crippen LogP contribution in [0.2, 0.25) is 0 Å². The molecule has 0 N–H and O–H groups in total. The van der Waals surface area contributed by atoms with E-state index in [2.05, 4.69) is 27.7 Å². The largest absolute Gasteiger partial charge is 0.436 e. The number of carbonyl (C=O) groups excluding carboxylic acids is 1. The van der Waals surface area contributed by atoms with Crippen LogP contribution in [0.4, 0.5) is 0 Å². The van der Waals surface area contributed by atoms with Crippen molar-refractivity contribution >= 4 is 5.97 Å². The van der Waals surface area contributed by atoms with Crippen molar-refractivity contribution in [1.82, 2.24) is 0 Å². The van der Waals surface area contributed by atoms with E-state index in [1.54, 1.807) is 6.92 Å². The Morgan fingerprint density at radius 2 is 1.81 bits per heavy atom. The van der Waals surface area contributed by atoms with Gasteiger partial charge in [-0.25, -0.2) is 0 Å². The third-order valence-corrected chi connectivity index (χ3v) is 2.17. The molecule has 2 unspecified atom stereocenters. The first-order chi connectivity index (χ1) is 7.24. The average Bonchev–Trinajstić information content (AvgIpc) is 1.98. The molecule has 96 valence electrons. The molecule has 0 fully saturated rings. The maximum Gasteiger partial charge on any atom is 0.308 e. The van der Waals surface area contributed by atoms with Gasteiger partial charge in [0.25, 0.3) is 0 Å². The number of esters is 1. The van der Waals surface area contributed by atoms with Crippen molar-refractivity contribution in [3.05, 3.63) is 0 Å². The maximum absolute atomic E-state index is 11.5. The van der Waals surface area contributed by atoms with Gasteiger partial charge in [-0.3, -0.25) is 4.79 Å². The molecule has 0 saturated heterocycles. The summed E-state index contributed by atoms with van der Waals surface area (Å²) < 4.78 is 10.3. The number of ether oxygens (including phenoxy) is 2. The minimum atomic E-state index is -0.431. The van der Waals surface area contributed by atoms with Gasteiger partial charge >= 0.3 is 5.97 Å². The monoisotopic (exact) mass is 230 g/mol. The molecule has 2 atom stereocenters. The summed E-state index contributed by atoms with van der Waals surface area (Å²) >= 11 is 0. The first-order valence-electron chi connectivity index (χ1n) is 6.05. The Balaban J connectivity index is 3.87. The zero-order chi connectivity index (χ0) is 12.8. The molecule has 0 aromatic rings. The summed E-state index contributed by atoms with van der Waals surface area (Å²) in [4.78, 5) is 11.5. The van der Waals surface area contributed by atoms with Crippen LogP contribution < -0.4 is 0 Å². The third kappa shape index (κ3) is 8.72. The summed E-state index contributed by atoms with van der Waals surface area (Å²) in [5, 5.41) is 0. The van der Waals surface area contributed by atoms with Crippen molar-refractivity contribution in [3.8, 4) is 0 Å². The van der Waals surface area contributed by atoms with E-state index < -0.39 is 6.29 Å². The van der Waals surface area contributed by atoms with Crippen LogP contribution in [0, 0.1) is 11.3 Å². The molecule has 0 aliphatic rings. The highest BCUT2D eigenvalue weighted by molar-refractivity contribution is 5.69. The second-order valence-electron chi connectivity index (χ2n) is 5.59. The molecule has 0 spiro atoms. The molecule has 0 amide bonds. The first kappa shape index (κ1) is 15.4. The van der Waals surface area contributed by atoms with Crippen molar-refractivity contribution in [1.29, 1.82) is 0 Å². The molecule has 0 saturated carbocycles. The van der Waals surface area contributed by atoms with Gasteiger partial charge in [-0.2, -0.15) is 0 Å². The van der Waals surface area contributed by atoms with Gasteiger partial charge in [0, 0.05) is 13.0 Å². The standard InChI is InChI=1S/C13H26O3/c1-7-15-11(3)16-12(14)8-10(2)9-13(4,5)6/h10-11H,7-9H2,1-6H3. The van der Waals surface area contributed by atoms with Crippen molar-refractivity contribution in [3.63, 3.8) is 0 Å². The highest BCUT2D eigenvalue weighted by Gasteiger charge is 2.19. The number of hydrogen-bond donors (Lipinski definition) is 0. The normalized spacial score (nSPS) is 15.6. The Kier molecular flexibility index (Phi) is 6.65. The lowest BCUT2D eigenvalue weighted by Gasteiger charge is -2.23. The van der Waals surface area contributed by atoms with Crippen LogP contribution in [-0.4, -0.2) is 18.9 Å². The van der Waals surface area contributed by atoms with Crippen molar-refractivity contribution in [2.45, 2.75) is 60.7 Å². The fraction of sp³-hybridized carbons (Fsp3) is 0.923. The van der Waals surface area contributed by atoms with E-state index in [9.17, 15) is 4.79 Å². The van der Waals surface area contributed by atoms with Crippen LogP contribution >= 0.6 is 0 Å². The van der Waals surface area contributed by atoms with E-state index >= 15 is 0 Å². The van der Waals surface area contributed by atoms with Crippen molar-refractivity contribution in [2.75, 3.05) is 6.61 Å². The molecule has 3 heteroatoms. The molecular weight excluding hydrogens is 204 g/mol. The Morgan fingerprint density at radius 1 is 1.25 bits per heavy atom. The first-order valence-corrected chi connectivity index (χ1v) is 6.05. The molecule has 3 nitrogen and oxygen atoms in total. The molecule has 0 radical (unpaired) electrons. The Labute approximate surface area is 99.5 Å². The Bertz CT molecular complexity index is 206. The zero-order valence-electron chi connectivity index (χ0n) is 11.5. The van der Waals surface area contributed by atoms with E-state index in [-0.39, 0.29) is 11.4 Å². The van der Waals surface area contributed by atoms with Crippen LogP contribution in [-0.2, 0) is 14.3 Å². The number of carbonyl (C=O) groups is 1. The molecule has 16 heavy (non-hydrogen) atoms. The highest BCUT2D eigenvalue weighted by Crippen LogP contribution is 2.26. The van der Waals surface area contributed by atoms with Gasteiger partial charge < -0.3 is 9.47 Å². The van der Waals surface area contributed by atoms with Gasteiger partial charge in [0.1, 0.15) is 0 Å². The van der Waals surface area contributed by atoms with Gasteiger partial charge in [-0.15, -0.1) is 0 Å². The maximum atomic E-state index is 11.5. The summed E-state index contributed by atoms with van der Waals surface area (Å²) in [6.45, 7) is 12.8. The fourth-order valence-corrected chi connectivity index (χ4v) is 1.90. The van der Waals surface area contributed by atoms with E-state index in [1.807, 2.05) is 6.92 Å². The molecular formula is C13H26O3. The predicted octanol–water partition coefficient (Wildman–Crippen LogP) is 3.37. The van der Waals surface area contributed by atoms with Gasteiger partial charge in [0.15, 0.2) is 6.29 Å². The minimum Gasteiger partial charge on any atom is -0.436 e. The van der Waals surface area contributed by atoms with Crippen LogP contribution in [0.25, 0.3) is 0 Å². The smallest absolute Gasteiger partial charge is 0.308 e. The second kappa shape index (κ2) is 6.89.